The lowest BCUT2D eigenvalue weighted by atomic mass is 10.0. The van der Waals surface area contributed by atoms with Crippen molar-refractivity contribution in [2.45, 2.75) is 6.10 Å². The standard InChI is InChI=1S/C30H19Cl2N3O5/c31-20-12-10-18(11-13-20)27-17-23(22-8-4-5-9-25(22)33-27)30(37)40-28(19-6-2-1-3-7-19)29(36)34-26-15-14-21(35(38)39)16-24(26)32/h1-17,28H,(H,34,36). The predicted octanol–water partition coefficient (Wildman–Crippen LogP) is 7.65. The number of carbonyl (C=O) groups excluding carboxylic acids is 2. The molecule has 8 nitrogen and oxygen atoms in total. The van der Waals surface area contributed by atoms with Crippen molar-refractivity contribution in [1.29, 1.82) is 0 Å². The summed E-state index contributed by atoms with van der Waals surface area (Å²) < 4.78 is 5.83. The number of ether oxygens (including phenoxy) is 1. The monoisotopic (exact) mass is 571 g/mol. The predicted molar refractivity (Wildman–Crippen MR) is 154 cm³/mol. The Bertz CT molecular complexity index is 1740. The second kappa shape index (κ2) is 11.5. The minimum Gasteiger partial charge on any atom is -0.444 e. The van der Waals surface area contributed by atoms with E-state index in [1.54, 1.807) is 78.9 Å². The van der Waals surface area contributed by atoms with Crippen LogP contribution in [0.25, 0.3) is 22.2 Å². The Morgan fingerprint density at radius 3 is 2.27 bits per heavy atom. The van der Waals surface area contributed by atoms with Gasteiger partial charge in [-0.1, -0.05) is 83.9 Å². The van der Waals surface area contributed by atoms with Crippen molar-refractivity contribution < 1.29 is 19.2 Å². The lowest BCUT2D eigenvalue weighted by Gasteiger charge is -2.19. The second-order valence-electron chi connectivity index (χ2n) is 8.69. The van der Waals surface area contributed by atoms with E-state index in [4.69, 9.17) is 27.9 Å². The number of aromatic nitrogens is 1. The smallest absolute Gasteiger partial charge is 0.340 e. The number of halogens is 2. The second-order valence-corrected chi connectivity index (χ2v) is 9.53. The number of nitrogens with one attached hydrogen (secondary N) is 1. The zero-order valence-electron chi connectivity index (χ0n) is 20.6. The van der Waals surface area contributed by atoms with Crippen LogP contribution in [-0.4, -0.2) is 21.8 Å². The Labute approximate surface area is 238 Å². The molecule has 0 aliphatic rings. The lowest BCUT2D eigenvalue weighted by Crippen LogP contribution is -2.26. The summed E-state index contributed by atoms with van der Waals surface area (Å²) in [5, 5.41) is 14.7. The van der Waals surface area contributed by atoms with Crippen LogP contribution in [-0.2, 0) is 9.53 Å². The van der Waals surface area contributed by atoms with Gasteiger partial charge in [-0.25, -0.2) is 9.78 Å². The van der Waals surface area contributed by atoms with E-state index in [-0.39, 0.29) is 22.0 Å². The average molecular weight is 572 g/mol. The Balaban J connectivity index is 1.51. The molecule has 5 aromatic rings. The minimum atomic E-state index is -1.36. The third kappa shape index (κ3) is 5.78. The fraction of sp³-hybridized carbons (Fsp3) is 0.0333. The van der Waals surface area contributed by atoms with E-state index in [0.717, 1.165) is 11.6 Å². The van der Waals surface area contributed by atoms with E-state index in [1.165, 1.54) is 12.1 Å². The number of benzene rings is 4. The largest absolute Gasteiger partial charge is 0.444 e. The molecule has 1 aromatic heterocycles. The van der Waals surface area contributed by atoms with Gasteiger partial charge in [-0.05, 0) is 30.3 Å². The van der Waals surface area contributed by atoms with E-state index in [1.807, 2.05) is 6.07 Å². The number of para-hydroxylation sites is 1. The van der Waals surface area contributed by atoms with Gasteiger partial charge in [-0.3, -0.25) is 14.9 Å². The van der Waals surface area contributed by atoms with E-state index in [0.29, 0.717) is 27.2 Å². The fourth-order valence-corrected chi connectivity index (χ4v) is 4.45. The van der Waals surface area contributed by atoms with Crippen LogP contribution in [0.4, 0.5) is 11.4 Å². The molecule has 198 valence electrons. The maximum Gasteiger partial charge on any atom is 0.340 e. The van der Waals surface area contributed by atoms with Gasteiger partial charge in [0.2, 0.25) is 6.10 Å². The molecule has 40 heavy (non-hydrogen) atoms. The van der Waals surface area contributed by atoms with Gasteiger partial charge in [0.05, 0.1) is 32.4 Å². The third-order valence-corrected chi connectivity index (χ3v) is 6.63. The number of nitrogens with zero attached hydrogens (tertiary/aromatic N) is 2. The Hall–Kier alpha value is -4.79. The van der Waals surface area contributed by atoms with Gasteiger partial charge >= 0.3 is 5.97 Å². The molecule has 0 radical (unpaired) electrons. The number of hydrogen-bond acceptors (Lipinski definition) is 6. The highest BCUT2D eigenvalue weighted by Crippen LogP contribution is 2.31. The van der Waals surface area contributed by atoms with E-state index in [9.17, 15) is 19.7 Å². The first-order valence-corrected chi connectivity index (χ1v) is 12.7. The van der Waals surface area contributed by atoms with Crippen molar-refractivity contribution >= 4 is 57.4 Å². The van der Waals surface area contributed by atoms with E-state index >= 15 is 0 Å². The van der Waals surface area contributed by atoms with Crippen molar-refractivity contribution in [1.82, 2.24) is 4.98 Å². The van der Waals surface area contributed by atoms with Crippen LogP contribution in [0.2, 0.25) is 10.0 Å². The van der Waals surface area contributed by atoms with Crippen LogP contribution < -0.4 is 5.32 Å². The van der Waals surface area contributed by atoms with Crippen molar-refractivity contribution in [2.75, 3.05) is 5.32 Å². The molecule has 1 amide bonds. The zero-order chi connectivity index (χ0) is 28.2. The molecule has 0 spiro atoms. The summed E-state index contributed by atoms with van der Waals surface area (Å²) in [5.41, 5.74) is 2.39. The molecular weight excluding hydrogens is 553 g/mol. The topological polar surface area (TPSA) is 111 Å². The number of hydrogen-bond donors (Lipinski definition) is 1. The first-order valence-electron chi connectivity index (χ1n) is 12.0. The van der Waals surface area contributed by atoms with Gasteiger partial charge < -0.3 is 10.1 Å². The molecule has 5 rings (SSSR count). The number of anilines is 1. The minimum absolute atomic E-state index is 0.0339. The molecule has 1 unspecified atom stereocenters. The summed E-state index contributed by atoms with van der Waals surface area (Å²) in [6, 6.07) is 27.9. The number of carbonyl (C=O) groups is 2. The van der Waals surface area contributed by atoms with Gasteiger partial charge in [0.1, 0.15) is 0 Å². The van der Waals surface area contributed by atoms with Crippen LogP contribution in [0.15, 0.2) is 103 Å². The van der Waals surface area contributed by atoms with Gasteiger partial charge in [0, 0.05) is 33.7 Å². The normalized spacial score (nSPS) is 11.6. The van der Waals surface area contributed by atoms with Crippen molar-refractivity contribution in [3.8, 4) is 11.3 Å². The fourth-order valence-electron chi connectivity index (χ4n) is 4.10. The first-order chi connectivity index (χ1) is 19.3. The zero-order valence-corrected chi connectivity index (χ0v) is 22.1. The molecule has 10 heteroatoms. The number of fused-ring (bicyclic) bond motifs is 1. The van der Waals surface area contributed by atoms with Crippen LogP contribution >= 0.6 is 23.2 Å². The molecule has 0 saturated carbocycles. The molecule has 0 bridgehead atoms. The molecule has 0 fully saturated rings. The number of pyridine rings is 1. The molecule has 0 aliphatic heterocycles. The van der Waals surface area contributed by atoms with Gasteiger partial charge in [-0.2, -0.15) is 0 Å². The highest BCUT2D eigenvalue weighted by Gasteiger charge is 2.28. The molecule has 0 saturated heterocycles. The first kappa shape index (κ1) is 26.8. The van der Waals surface area contributed by atoms with Crippen LogP contribution in [0, 0.1) is 10.1 Å². The third-order valence-electron chi connectivity index (χ3n) is 6.06. The van der Waals surface area contributed by atoms with Crippen molar-refractivity contribution in [3.05, 3.63) is 134 Å². The quantitative estimate of drug-likeness (QED) is 0.122. The molecule has 1 N–H and O–H groups in total. The SMILES string of the molecule is O=C(OC(C(=O)Nc1ccc([N+](=O)[O-])cc1Cl)c1ccccc1)c1cc(-c2ccc(Cl)cc2)nc2ccccc12. The molecule has 0 aliphatic carbocycles. The summed E-state index contributed by atoms with van der Waals surface area (Å²) in [6.07, 6.45) is -1.36. The van der Waals surface area contributed by atoms with Crippen LogP contribution in [0.5, 0.6) is 0 Å². The highest BCUT2D eigenvalue weighted by molar-refractivity contribution is 6.34. The summed E-state index contributed by atoms with van der Waals surface area (Å²) in [4.78, 5) is 42.2. The number of nitro benzene ring substituents is 1. The molecular formula is C30H19Cl2N3O5. The maximum atomic E-state index is 13.7. The molecule has 1 heterocycles. The average Bonchev–Trinajstić information content (AvgIpc) is 2.97. The van der Waals surface area contributed by atoms with Crippen LogP contribution in [0.1, 0.15) is 22.0 Å². The number of esters is 1. The van der Waals surface area contributed by atoms with Gasteiger partial charge in [-0.15, -0.1) is 0 Å². The van der Waals surface area contributed by atoms with Gasteiger partial charge in [0.25, 0.3) is 11.6 Å². The molecule has 1 atom stereocenters. The molecule has 4 aromatic carbocycles. The van der Waals surface area contributed by atoms with Crippen molar-refractivity contribution in [2.24, 2.45) is 0 Å². The van der Waals surface area contributed by atoms with E-state index < -0.39 is 22.9 Å². The lowest BCUT2D eigenvalue weighted by molar-refractivity contribution is -0.384. The number of rotatable bonds is 7. The van der Waals surface area contributed by atoms with Crippen molar-refractivity contribution in [3.63, 3.8) is 0 Å². The van der Waals surface area contributed by atoms with E-state index in [2.05, 4.69) is 10.3 Å². The number of nitro groups is 1. The summed E-state index contributed by atoms with van der Waals surface area (Å²) >= 11 is 12.2. The number of non-ortho nitro benzene ring substituents is 1. The summed E-state index contributed by atoms with van der Waals surface area (Å²) in [6.45, 7) is 0. The van der Waals surface area contributed by atoms with Gasteiger partial charge in [0.15, 0.2) is 0 Å². The Kier molecular flexibility index (Phi) is 7.72. The summed E-state index contributed by atoms with van der Waals surface area (Å²) in [5.74, 6) is -1.43. The summed E-state index contributed by atoms with van der Waals surface area (Å²) in [7, 11) is 0. The Morgan fingerprint density at radius 1 is 0.875 bits per heavy atom. The highest BCUT2D eigenvalue weighted by atomic mass is 35.5. The number of amides is 1. The maximum absolute atomic E-state index is 13.7. The Morgan fingerprint density at radius 2 is 1.57 bits per heavy atom. The van der Waals surface area contributed by atoms with Crippen LogP contribution in [0.3, 0.4) is 0 Å².